The number of nitrogens with zero attached hydrogens (tertiary/aromatic N) is 1. The van der Waals surface area contributed by atoms with Crippen molar-refractivity contribution >= 4 is 0 Å². The molecule has 1 heterocycles. The third-order valence-electron chi connectivity index (χ3n) is 2.25. The summed E-state index contributed by atoms with van der Waals surface area (Å²) < 4.78 is 37.8. The van der Waals surface area contributed by atoms with E-state index < -0.39 is 17.2 Å². The predicted molar refractivity (Wildman–Crippen MR) is 49.4 cm³/mol. The summed E-state index contributed by atoms with van der Waals surface area (Å²) in [7, 11) is 0. The first-order valence-electron chi connectivity index (χ1n) is 4.41. The predicted octanol–water partition coefficient (Wildman–Crippen LogP) is 2.37. The Labute approximate surface area is 85.8 Å². The van der Waals surface area contributed by atoms with E-state index in [9.17, 15) is 13.2 Å². The highest BCUT2D eigenvalue weighted by Gasteiger charge is 2.37. The van der Waals surface area contributed by atoms with Crippen molar-refractivity contribution in [2.75, 3.05) is 6.61 Å². The minimum absolute atomic E-state index is 0.0139. The van der Waals surface area contributed by atoms with Crippen LogP contribution in [0.4, 0.5) is 13.2 Å². The molecule has 0 atom stereocenters. The Bertz CT molecular complexity index is 347. The van der Waals surface area contributed by atoms with Gasteiger partial charge in [-0.25, -0.2) is 0 Å². The van der Waals surface area contributed by atoms with E-state index in [1.165, 1.54) is 0 Å². The summed E-state index contributed by atoms with van der Waals surface area (Å²) in [5.41, 5.74) is -1.67. The molecule has 0 spiro atoms. The maximum absolute atomic E-state index is 12.6. The third kappa shape index (κ3) is 2.47. The van der Waals surface area contributed by atoms with Crippen molar-refractivity contribution in [2.24, 2.45) is 0 Å². The summed E-state index contributed by atoms with van der Waals surface area (Å²) >= 11 is 0. The van der Waals surface area contributed by atoms with E-state index in [-0.39, 0.29) is 12.2 Å². The van der Waals surface area contributed by atoms with Gasteiger partial charge >= 0.3 is 6.18 Å². The Hall–Kier alpha value is -1.10. The van der Waals surface area contributed by atoms with Crippen molar-refractivity contribution in [1.29, 1.82) is 0 Å². The summed E-state index contributed by atoms with van der Waals surface area (Å²) in [4.78, 5) is 3.66. The SMILES string of the molecule is CC(C)(CO)c1cnccc1C(F)(F)F. The maximum Gasteiger partial charge on any atom is 0.416 e. The highest BCUT2D eigenvalue weighted by Crippen LogP contribution is 2.36. The number of alkyl halides is 3. The number of aromatic nitrogens is 1. The Morgan fingerprint density at radius 1 is 1.27 bits per heavy atom. The van der Waals surface area contributed by atoms with Gasteiger partial charge in [-0.15, -0.1) is 0 Å². The first-order chi connectivity index (χ1) is 6.79. The molecule has 0 bridgehead atoms. The fraction of sp³-hybridized carbons (Fsp3) is 0.500. The normalized spacial score (nSPS) is 12.9. The number of halogens is 3. The Morgan fingerprint density at radius 2 is 1.87 bits per heavy atom. The molecule has 0 saturated heterocycles. The first-order valence-corrected chi connectivity index (χ1v) is 4.41. The zero-order chi connectivity index (χ0) is 11.7. The lowest BCUT2D eigenvalue weighted by Gasteiger charge is -2.25. The zero-order valence-electron chi connectivity index (χ0n) is 8.47. The van der Waals surface area contributed by atoms with E-state index in [4.69, 9.17) is 5.11 Å². The molecule has 0 radical (unpaired) electrons. The van der Waals surface area contributed by atoms with Gasteiger partial charge in [-0.2, -0.15) is 13.2 Å². The molecule has 0 aliphatic carbocycles. The quantitative estimate of drug-likeness (QED) is 0.828. The standard InChI is InChI=1S/C10H12F3NO/c1-9(2,6-15)8-5-14-4-3-7(8)10(11,12)13/h3-5,15H,6H2,1-2H3. The van der Waals surface area contributed by atoms with Crippen molar-refractivity contribution in [3.05, 3.63) is 29.6 Å². The number of aliphatic hydroxyl groups is 1. The van der Waals surface area contributed by atoms with Gasteiger partial charge in [0.05, 0.1) is 12.2 Å². The fourth-order valence-electron chi connectivity index (χ4n) is 1.27. The molecule has 0 aromatic carbocycles. The first kappa shape index (κ1) is 12.0. The van der Waals surface area contributed by atoms with Crippen molar-refractivity contribution in [3.8, 4) is 0 Å². The molecular weight excluding hydrogens is 207 g/mol. The molecule has 15 heavy (non-hydrogen) atoms. The van der Waals surface area contributed by atoms with Gasteiger partial charge < -0.3 is 5.11 Å². The zero-order valence-corrected chi connectivity index (χ0v) is 8.47. The molecule has 2 nitrogen and oxygen atoms in total. The maximum atomic E-state index is 12.6. The second kappa shape index (κ2) is 3.81. The average Bonchev–Trinajstić information content (AvgIpc) is 2.16. The van der Waals surface area contributed by atoms with Gasteiger partial charge in [-0.3, -0.25) is 4.98 Å². The van der Waals surface area contributed by atoms with Gasteiger partial charge in [0.1, 0.15) is 0 Å². The summed E-state index contributed by atoms with van der Waals surface area (Å²) in [6.45, 7) is 2.72. The van der Waals surface area contributed by atoms with Crippen molar-refractivity contribution in [2.45, 2.75) is 25.4 Å². The van der Waals surface area contributed by atoms with Gasteiger partial charge in [-0.1, -0.05) is 13.8 Å². The number of rotatable bonds is 2. The van der Waals surface area contributed by atoms with Crippen molar-refractivity contribution in [1.82, 2.24) is 4.98 Å². The topological polar surface area (TPSA) is 33.1 Å². The lowest BCUT2D eigenvalue weighted by molar-refractivity contribution is -0.138. The van der Waals surface area contributed by atoms with E-state index in [1.54, 1.807) is 13.8 Å². The molecule has 1 aromatic heterocycles. The smallest absolute Gasteiger partial charge is 0.395 e. The van der Waals surface area contributed by atoms with Crippen LogP contribution >= 0.6 is 0 Å². The second-order valence-corrected chi connectivity index (χ2v) is 3.96. The Morgan fingerprint density at radius 3 is 2.33 bits per heavy atom. The summed E-state index contributed by atoms with van der Waals surface area (Å²) in [5, 5.41) is 9.04. The van der Waals surface area contributed by atoms with Gasteiger partial charge in [0, 0.05) is 17.8 Å². The van der Waals surface area contributed by atoms with Crippen LogP contribution in [0.15, 0.2) is 18.5 Å². The molecule has 0 fully saturated rings. The monoisotopic (exact) mass is 219 g/mol. The minimum Gasteiger partial charge on any atom is -0.395 e. The van der Waals surface area contributed by atoms with Crippen molar-refractivity contribution < 1.29 is 18.3 Å². The van der Waals surface area contributed by atoms with Crippen LogP contribution in [-0.2, 0) is 11.6 Å². The summed E-state index contributed by atoms with van der Waals surface area (Å²) in [6.07, 6.45) is -2.16. The number of aliphatic hydroxyl groups excluding tert-OH is 1. The fourth-order valence-corrected chi connectivity index (χ4v) is 1.27. The second-order valence-electron chi connectivity index (χ2n) is 3.96. The number of pyridine rings is 1. The Kier molecular flexibility index (Phi) is 3.04. The van der Waals surface area contributed by atoms with Crippen LogP contribution in [0.3, 0.4) is 0 Å². The molecule has 1 N–H and O–H groups in total. The highest BCUT2D eigenvalue weighted by atomic mass is 19.4. The average molecular weight is 219 g/mol. The van der Waals surface area contributed by atoms with Gasteiger partial charge in [0.25, 0.3) is 0 Å². The molecule has 1 rings (SSSR count). The van der Waals surface area contributed by atoms with Crippen LogP contribution in [0.1, 0.15) is 25.0 Å². The lowest BCUT2D eigenvalue weighted by Crippen LogP contribution is -2.26. The molecule has 0 unspecified atom stereocenters. The molecule has 0 aliphatic rings. The van der Waals surface area contributed by atoms with E-state index in [0.717, 1.165) is 18.5 Å². The summed E-state index contributed by atoms with van der Waals surface area (Å²) in [5.74, 6) is 0. The molecular formula is C10H12F3NO. The van der Waals surface area contributed by atoms with Gasteiger partial charge in [0.2, 0.25) is 0 Å². The van der Waals surface area contributed by atoms with Crippen LogP contribution in [0, 0.1) is 0 Å². The summed E-state index contributed by atoms with van der Waals surface area (Å²) in [6, 6.07) is 0.923. The van der Waals surface area contributed by atoms with Crippen LogP contribution in [0.25, 0.3) is 0 Å². The van der Waals surface area contributed by atoms with Crippen LogP contribution in [0.2, 0.25) is 0 Å². The molecule has 0 saturated carbocycles. The van der Waals surface area contributed by atoms with Crippen LogP contribution in [0.5, 0.6) is 0 Å². The largest absolute Gasteiger partial charge is 0.416 e. The molecule has 0 amide bonds. The third-order valence-corrected chi connectivity index (χ3v) is 2.25. The van der Waals surface area contributed by atoms with E-state index >= 15 is 0 Å². The lowest BCUT2D eigenvalue weighted by atomic mass is 9.83. The molecule has 1 aromatic rings. The number of hydrogen-bond donors (Lipinski definition) is 1. The molecule has 5 heteroatoms. The number of hydrogen-bond acceptors (Lipinski definition) is 2. The van der Waals surface area contributed by atoms with Crippen molar-refractivity contribution in [3.63, 3.8) is 0 Å². The van der Waals surface area contributed by atoms with Crippen LogP contribution in [-0.4, -0.2) is 16.7 Å². The molecule has 0 aliphatic heterocycles. The van der Waals surface area contributed by atoms with Gasteiger partial charge in [-0.05, 0) is 11.6 Å². The van der Waals surface area contributed by atoms with Crippen LogP contribution < -0.4 is 0 Å². The van der Waals surface area contributed by atoms with Gasteiger partial charge in [0.15, 0.2) is 0 Å². The van der Waals surface area contributed by atoms with E-state index in [0.29, 0.717) is 0 Å². The highest BCUT2D eigenvalue weighted by molar-refractivity contribution is 5.32. The van der Waals surface area contributed by atoms with E-state index in [1.807, 2.05) is 0 Å². The molecule has 84 valence electrons. The minimum atomic E-state index is -4.41. The Balaban J connectivity index is 3.31. The van der Waals surface area contributed by atoms with E-state index in [2.05, 4.69) is 4.98 Å².